The third kappa shape index (κ3) is 2.62. The molecule has 1 N–H and O–H groups in total. The Morgan fingerprint density at radius 1 is 1.26 bits per heavy atom. The summed E-state index contributed by atoms with van der Waals surface area (Å²) < 4.78 is 27.0. The van der Waals surface area contributed by atoms with Crippen LogP contribution in [0.4, 0.5) is 0 Å². The van der Waals surface area contributed by atoms with Crippen LogP contribution in [0.2, 0.25) is 0 Å². The van der Waals surface area contributed by atoms with Crippen LogP contribution in [0, 0.1) is 0 Å². The minimum atomic E-state index is -3.95. The first-order valence-electron chi connectivity index (χ1n) is 7.17. The summed E-state index contributed by atoms with van der Waals surface area (Å²) in [5, 5.41) is 9.19. The molecule has 0 aliphatic heterocycles. The van der Waals surface area contributed by atoms with E-state index < -0.39 is 21.7 Å². The highest BCUT2D eigenvalue weighted by Gasteiger charge is 2.35. The van der Waals surface area contributed by atoms with Crippen LogP contribution in [-0.2, 0) is 16.4 Å². The number of sulfonamides is 1. The van der Waals surface area contributed by atoms with Gasteiger partial charge in [-0.2, -0.15) is 4.31 Å². The molecule has 0 saturated carbocycles. The zero-order valence-corrected chi connectivity index (χ0v) is 13.3. The average Bonchev–Trinajstić information content (AvgIpc) is 2.98. The van der Waals surface area contributed by atoms with Crippen LogP contribution in [0.5, 0.6) is 0 Å². The van der Waals surface area contributed by atoms with Crippen molar-refractivity contribution in [3.63, 3.8) is 0 Å². The van der Waals surface area contributed by atoms with Gasteiger partial charge >= 0.3 is 5.97 Å². The maximum Gasteiger partial charge on any atom is 0.355 e. The summed E-state index contributed by atoms with van der Waals surface area (Å²) in [4.78, 5) is 14.7. The highest BCUT2D eigenvalue weighted by atomic mass is 32.2. The van der Waals surface area contributed by atoms with E-state index in [1.54, 1.807) is 0 Å². The first-order valence-corrected chi connectivity index (χ1v) is 8.61. The van der Waals surface area contributed by atoms with E-state index >= 15 is 0 Å². The molecule has 1 atom stereocenters. The summed E-state index contributed by atoms with van der Waals surface area (Å²) in [7, 11) is -2.46. The Morgan fingerprint density at radius 3 is 2.74 bits per heavy atom. The van der Waals surface area contributed by atoms with Gasteiger partial charge in [0, 0.05) is 13.2 Å². The maximum absolute atomic E-state index is 12.9. The number of hydrogen-bond acceptors (Lipinski definition) is 4. The van der Waals surface area contributed by atoms with Crippen molar-refractivity contribution in [1.29, 1.82) is 0 Å². The molecule has 0 spiro atoms. The van der Waals surface area contributed by atoms with E-state index in [4.69, 9.17) is 0 Å². The lowest BCUT2D eigenvalue weighted by Gasteiger charge is -2.25. The highest BCUT2D eigenvalue weighted by molar-refractivity contribution is 7.89. The summed E-state index contributed by atoms with van der Waals surface area (Å²) in [6, 6.07) is 10.1. The Balaban J connectivity index is 2.03. The summed E-state index contributed by atoms with van der Waals surface area (Å²) >= 11 is 0. The molecule has 0 saturated heterocycles. The largest absolute Gasteiger partial charge is 0.476 e. The van der Waals surface area contributed by atoms with Gasteiger partial charge in [-0.3, -0.25) is 0 Å². The highest BCUT2D eigenvalue weighted by Crippen LogP contribution is 2.37. The molecule has 1 aliphatic rings. The zero-order valence-electron chi connectivity index (χ0n) is 12.5. The van der Waals surface area contributed by atoms with Crippen molar-refractivity contribution >= 4 is 16.0 Å². The fourth-order valence-electron chi connectivity index (χ4n) is 2.99. The predicted molar refractivity (Wildman–Crippen MR) is 83.6 cm³/mol. The van der Waals surface area contributed by atoms with Crippen molar-refractivity contribution in [3.05, 3.63) is 59.4 Å². The van der Waals surface area contributed by atoms with Crippen LogP contribution in [0.3, 0.4) is 0 Å². The minimum Gasteiger partial charge on any atom is -0.476 e. The molecule has 0 bridgehead atoms. The van der Waals surface area contributed by atoms with E-state index in [0.717, 1.165) is 17.5 Å². The van der Waals surface area contributed by atoms with E-state index in [2.05, 4.69) is 4.98 Å². The van der Waals surface area contributed by atoms with E-state index in [0.29, 0.717) is 6.42 Å². The number of aryl methyl sites for hydroxylation is 1. The average molecular weight is 332 g/mol. The number of aromatic nitrogens is 1. The molecule has 1 aliphatic carbocycles. The second-order valence-corrected chi connectivity index (χ2v) is 7.40. The summed E-state index contributed by atoms with van der Waals surface area (Å²) in [6.07, 6.45) is 2.75. The van der Waals surface area contributed by atoms with E-state index in [1.807, 2.05) is 24.3 Å². The van der Waals surface area contributed by atoms with Gasteiger partial charge in [-0.25, -0.2) is 18.2 Å². The molecule has 120 valence electrons. The Hall–Kier alpha value is -2.25. The van der Waals surface area contributed by atoms with Crippen molar-refractivity contribution in [1.82, 2.24) is 9.29 Å². The quantitative estimate of drug-likeness (QED) is 0.926. The Labute approximate surface area is 134 Å². The van der Waals surface area contributed by atoms with Crippen LogP contribution in [0.25, 0.3) is 0 Å². The lowest BCUT2D eigenvalue weighted by Crippen LogP contribution is -2.31. The monoisotopic (exact) mass is 332 g/mol. The van der Waals surface area contributed by atoms with Crippen molar-refractivity contribution in [2.24, 2.45) is 0 Å². The van der Waals surface area contributed by atoms with Crippen LogP contribution in [0.1, 0.15) is 34.1 Å². The fraction of sp³-hybridized carbons (Fsp3) is 0.250. The van der Waals surface area contributed by atoms with Gasteiger partial charge in [-0.15, -0.1) is 0 Å². The van der Waals surface area contributed by atoms with Gasteiger partial charge in [-0.05, 0) is 36.1 Å². The molecule has 1 heterocycles. The van der Waals surface area contributed by atoms with Gasteiger partial charge < -0.3 is 5.11 Å². The van der Waals surface area contributed by atoms with Crippen molar-refractivity contribution in [2.75, 3.05) is 7.05 Å². The smallest absolute Gasteiger partial charge is 0.355 e. The number of nitrogens with zero attached hydrogens (tertiary/aromatic N) is 2. The number of aromatic carboxylic acids is 1. The summed E-state index contributed by atoms with van der Waals surface area (Å²) in [6.45, 7) is 0. The molecule has 3 rings (SSSR count). The number of carboxylic acid groups (broad SMARTS) is 1. The standard InChI is InChI=1S/C16H16N2O4S/c1-18(13-9-8-11-5-2-3-6-12(11)13)23(21,22)14-7-4-10-17-15(14)16(19)20/h2-7,10,13H,8-9H2,1H3,(H,19,20). The lowest BCUT2D eigenvalue weighted by molar-refractivity contribution is 0.0685. The number of hydrogen-bond donors (Lipinski definition) is 1. The first-order chi connectivity index (χ1) is 10.9. The van der Waals surface area contributed by atoms with E-state index in [1.165, 1.54) is 29.7 Å². The Bertz CT molecular complexity index is 864. The maximum atomic E-state index is 12.9. The van der Waals surface area contributed by atoms with Gasteiger partial charge in [0.05, 0.1) is 6.04 Å². The molecule has 0 fully saturated rings. The predicted octanol–water partition coefficient (Wildman–Crippen LogP) is 2.09. The van der Waals surface area contributed by atoms with Gasteiger partial charge in [0.15, 0.2) is 5.69 Å². The van der Waals surface area contributed by atoms with Crippen molar-refractivity contribution in [2.45, 2.75) is 23.8 Å². The number of rotatable bonds is 4. The van der Waals surface area contributed by atoms with Gasteiger partial charge in [0.2, 0.25) is 10.0 Å². The number of benzene rings is 1. The van der Waals surface area contributed by atoms with Gasteiger partial charge in [0.1, 0.15) is 4.90 Å². The van der Waals surface area contributed by atoms with Crippen LogP contribution < -0.4 is 0 Å². The molecule has 0 radical (unpaired) electrons. The summed E-state index contributed by atoms with van der Waals surface area (Å²) in [5.41, 5.74) is 1.65. The Morgan fingerprint density at radius 2 is 2.00 bits per heavy atom. The van der Waals surface area contributed by atoms with E-state index in [-0.39, 0.29) is 10.9 Å². The van der Waals surface area contributed by atoms with Crippen molar-refractivity contribution < 1.29 is 18.3 Å². The SMILES string of the molecule is CN(C1CCc2ccccc21)S(=O)(=O)c1cccnc1C(=O)O. The number of carboxylic acids is 1. The molecule has 23 heavy (non-hydrogen) atoms. The normalized spacial score (nSPS) is 17.2. The molecule has 1 aromatic heterocycles. The number of carbonyl (C=O) groups is 1. The lowest BCUT2D eigenvalue weighted by atomic mass is 10.1. The third-order valence-electron chi connectivity index (χ3n) is 4.17. The zero-order chi connectivity index (χ0) is 16.6. The van der Waals surface area contributed by atoms with Crippen LogP contribution in [0.15, 0.2) is 47.5 Å². The Kier molecular flexibility index (Phi) is 3.91. The second-order valence-electron chi connectivity index (χ2n) is 5.43. The molecular weight excluding hydrogens is 316 g/mol. The van der Waals surface area contributed by atoms with Gasteiger partial charge in [0.25, 0.3) is 0 Å². The first kappa shape index (κ1) is 15.6. The molecule has 6 nitrogen and oxygen atoms in total. The topological polar surface area (TPSA) is 87.6 Å². The molecule has 2 aromatic rings. The van der Waals surface area contributed by atoms with E-state index in [9.17, 15) is 18.3 Å². The third-order valence-corrected chi connectivity index (χ3v) is 6.07. The molecule has 0 amide bonds. The minimum absolute atomic E-state index is 0.278. The van der Waals surface area contributed by atoms with Crippen LogP contribution in [-0.4, -0.2) is 35.8 Å². The number of pyridine rings is 1. The molecule has 1 unspecified atom stereocenters. The van der Waals surface area contributed by atoms with Crippen molar-refractivity contribution in [3.8, 4) is 0 Å². The molecule has 1 aromatic carbocycles. The number of fused-ring (bicyclic) bond motifs is 1. The van der Waals surface area contributed by atoms with Gasteiger partial charge in [-0.1, -0.05) is 24.3 Å². The fourth-order valence-corrected chi connectivity index (χ4v) is 4.49. The molecular formula is C16H16N2O4S. The molecule has 7 heteroatoms. The second kappa shape index (κ2) is 5.75. The summed E-state index contributed by atoms with van der Waals surface area (Å²) in [5.74, 6) is -1.36. The van der Waals surface area contributed by atoms with Crippen LogP contribution >= 0.6 is 0 Å².